The largest absolute Gasteiger partial charge is 0.463 e. The van der Waals surface area contributed by atoms with Crippen molar-refractivity contribution in [3.8, 4) is 0 Å². The van der Waals surface area contributed by atoms with Crippen LogP contribution in [0.25, 0.3) is 0 Å². The van der Waals surface area contributed by atoms with Gasteiger partial charge in [0.1, 0.15) is 12.6 Å². The summed E-state index contributed by atoms with van der Waals surface area (Å²) in [6.07, 6.45) is 2.85. The molecule has 3 atom stereocenters. The topological polar surface area (TPSA) is 152 Å². The summed E-state index contributed by atoms with van der Waals surface area (Å²) in [5.41, 5.74) is 0.807. The van der Waals surface area contributed by atoms with Gasteiger partial charge in [-0.2, -0.15) is 0 Å². The van der Waals surface area contributed by atoms with E-state index in [4.69, 9.17) is 9.47 Å². The first-order valence-corrected chi connectivity index (χ1v) is 12.4. The molecule has 2 rings (SSSR count). The molecule has 0 unspecified atom stereocenters. The van der Waals surface area contributed by atoms with Crippen LogP contribution in [0, 0.1) is 11.8 Å². The normalized spacial score (nSPS) is 16.5. The van der Waals surface area contributed by atoms with E-state index in [1.54, 1.807) is 20.8 Å². The number of esters is 1. The first kappa shape index (κ1) is 29.3. The molecule has 0 radical (unpaired) electrons. The quantitative estimate of drug-likeness (QED) is 0.227. The third kappa shape index (κ3) is 10.7. The molecule has 0 saturated carbocycles. The number of benzene rings is 1. The summed E-state index contributed by atoms with van der Waals surface area (Å²) in [4.78, 5) is 61.2. The van der Waals surface area contributed by atoms with Crippen molar-refractivity contribution < 1.29 is 33.4 Å². The van der Waals surface area contributed by atoms with E-state index < -0.39 is 36.0 Å². The maximum atomic E-state index is 12.7. The maximum Gasteiger partial charge on any atom is 0.408 e. The van der Waals surface area contributed by atoms with Gasteiger partial charge in [0.15, 0.2) is 0 Å². The summed E-state index contributed by atoms with van der Waals surface area (Å²) in [6, 6.07) is 7.59. The number of carbonyl (C=O) groups is 5. The van der Waals surface area contributed by atoms with Crippen LogP contribution in [0.2, 0.25) is 0 Å². The van der Waals surface area contributed by atoms with Crippen molar-refractivity contribution in [2.24, 2.45) is 11.8 Å². The Kier molecular flexibility index (Phi) is 12.1. The highest BCUT2D eigenvalue weighted by molar-refractivity contribution is 5.90. The van der Waals surface area contributed by atoms with Crippen molar-refractivity contribution in [3.05, 3.63) is 48.0 Å². The monoisotopic (exact) mass is 516 g/mol. The van der Waals surface area contributed by atoms with Gasteiger partial charge >= 0.3 is 12.1 Å². The van der Waals surface area contributed by atoms with Gasteiger partial charge < -0.3 is 30.7 Å². The Labute approximate surface area is 216 Å². The number of rotatable bonds is 13. The van der Waals surface area contributed by atoms with Gasteiger partial charge in [-0.15, -0.1) is 0 Å². The molecule has 0 spiro atoms. The molecule has 37 heavy (non-hydrogen) atoms. The van der Waals surface area contributed by atoms with Crippen molar-refractivity contribution in [1.82, 2.24) is 21.3 Å². The molecule has 1 saturated heterocycles. The van der Waals surface area contributed by atoms with E-state index in [0.717, 1.165) is 5.56 Å². The second-order valence-corrected chi connectivity index (χ2v) is 8.94. The summed E-state index contributed by atoms with van der Waals surface area (Å²) in [6.45, 7) is 5.65. The molecular formula is C26H36N4O7. The molecule has 0 aromatic heterocycles. The summed E-state index contributed by atoms with van der Waals surface area (Å²) in [5, 5.41) is 10.5. The Morgan fingerprint density at radius 2 is 1.84 bits per heavy atom. The Hall–Kier alpha value is -3.89. The predicted molar refractivity (Wildman–Crippen MR) is 135 cm³/mol. The second kappa shape index (κ2) is 15.3. The molecule has 0 aliphatic carbocycles. The fourth-order valence-corrected chi connectivity index (χ4v) is 3.71. The molecule has 11 nitrogen and oxygen atoms in total. The zero-order valence-electron chi connectivity index (χ0n) is 21.5. The van der Waals surface area contributed by atoms with Gasteiger partial charge in [0.25, 0.3) is 0 Å². The minimum atomic E-state index is -0.919. The average molecular weight is 517 g/mol. The van der Waals surface area contributed by atoms with Gasteiger partial charge in [0.2, 0.25) is 17.7 Å². The van der Waals surface area contributed by atoms with E-state index in [0.29, 0.717) is 19.4 Å². The van der Waals surface area contributed by atoms with E-state index >= 15 is 0 Å². The first-order valence-electron chi connectivity index (χ1n) is 12.4. The van der Waals surface area contributed by atoms with Crippen LogP contribution in [-0.2, 0) is 35.3 Å². The zero-order chi connectivity index (χ0) is 27.2. The van der Waals surface area contributed by atoms with Crippen LogP contribution in [0.4, 0.5) is 4.79 Å². The fraction of sp³-hybridized carbons (Fsp3) is 0.500. The minimum absolute atomic E-state index is 0.0568. The van der Waals surface area contributed by atoms with Crippen LogP contribution in [0.15, 0.2) is 42.5 Å². The van der Waals surface area contributed by atoms with Crippen molar-refractivity contribution in [2.75, 3.05) is 19.7 Å². The van der Waals surface area contributed by atoms with E-state index in [-0.39, 0.29) is 37.5 Å². The van der Waals surface area contributed by atoms with Crippen LogP contribution >= 0.6 is 0 Å². The molecule has 11 heteroatoms. The second-order valence-electron chi connectivity index (χ2n) is 8.94. The van der Waals surface area contributed by atoms with Gasteiger partial charge in [-0.05, 0) is 31.2 Å². The number of alkyl carbamates (subject to hydrolysis) is 1. The first-order chi connectivity index (χ1) is 17.7. The van der Waals surface area contributed by atoms with Gasteiger partial charge in [0, 0.05) is 24.6 Å². The molecule has 1 fully saturated rings. The zero-order valence-corrected chi connectivity index (χ0v) is 21.5. The number of carbonyl (C=O) groups excluding carboxylic acids is 5. The van der Waals surface area contributed by atoms with E-state index in [1.165, 1.54) is 12.2 Å². The highest BCUT2D eigenvalue weighted by Crippen LogP contribution is 2.17. The average Bonchev–Trinajstić information content (AvgIpc) is 3.27. The van der Waals surface area contributed by atoms with Crippen LogP contribution in [0.5, 0.6) is 0 Å². The minimum Gasteiger partial charge on any atom is -0.463 e. The Morgan fingerprint density at radius 3 is 2.46 bits per heavy atom. The molecule has 1 heterocycles. The molecular weight excluding hydrogens is 480 g/mol. The number of nitrogens with one attached hydrogen (secondary N) is 4. The van der Waals surface area contributed by atoms with Crippen LogP contribution in [-0.4, -0.2) is 61.6 Å². The lowest BCUT2D eigenvalue weighted by Gasteiger charge is -2.22. The molecule has 1 aliphatic rings. The molecule has 0 bridgehead atoms. The van der Waals surface area contributed by atoms with Crippen molar-refractivity contribution in [3.63, 3.8) is 0 Å². The lowest BCUT2D eigenvalue weighted by atomic mass is 9.98. The van der Waals surface area contributed by atoms with E-state index in [1.807, 2.05) is 30.3 Å². The fourth-order valence-electron chi connectivity index (χ4n) is 3.71. The Morgan fingerprint density at radius 1 is 1.11 bits per heavy atom. The lowest BCUT2D eigenvalue weighted by Crippen LogP contribution is -2.52. The number of hydrogen-bond donors (Lipinski definition) is 4. The molecule has 4 amide bonds. The van der Waals surface area contributed by atoms with E-state index in [9.17, 15) is 24.0 Å². The molecule has 1 aromatic rings. The Balaban J connectivity index is 1.89. The highest BCUT2D eigenvalue weighted by Gasteiger charge is 2.28. The molecule has 4 N–H and O–H groups in total. The third-order valence-electron chi connectivity index (χ3n) is 5.66. The maximum absolute atomic E-state index is 12.7. The van der Waals surface area contributed by atoms with Gasteiger partial charge in [-0.1, -0.05) is 50.3 Å². The standard InChI is InChI=1S/C26H36N4O7/c1-4-36-22(32)11-10-20(14-19-12-13-27-24(19)33)29-21(31)15-28-25(34)23(17(2)3)30-26(35)37-16-18-8-6-5-7-9-18/h5-11,17,19-20,23H,4,12-16H2,1-3H3,(H,27,33)(H,28,34)(H,29,31)(H,30,35)/b11-10+/t19-,20+,23-/m0/s1. The summed E-state index contributed by atoms with van der Waals surface area (Å²) < 4.78 is 10.1. The van der Waals surface area contributed by atoms with Gasteiger partial charge in [-0.3, -0.25) is 14.4 Å². The van der Waals surface area contributed by atoms with Crippen LogP contribution < -0.4 is 21.3 Å². The smallest absolute Gasteiger partial charge is 0.408 e. The van der Waals surface area contributed by atoms with Crippen LogP contribution in [0.3, 0.4) is 0 Å². The SMILES string of the molecule is CCOC(=O)/C=C/[C@H](C[C@@H]1CCNC1=O)NC(=O)CNC(=O)[C@@H](NC(=O)OCc1ccccc1)C(C)C. The molecule has 1 aromatic carbocycles. The van der Waals surface area contributed by atoms with Crippen molar-refractivity contribution in [2.45, 2.75) is 52.3 Å². The molecule has 202 valence electrons. The number of amides is 4. The highest BCUT2D eigenvalue weighted by atomic mass is 16.5. The lowest BCUT2D eigenvalue weighted by molar-refractivity contribution is -0.137. The molecule has 1 aliphatic heterocycles. The van der Waals surface area contributed by atoms with Gasteiger partial charge in [0.05, 0.1) is 13.2 Å². The number of ether oxygens (including phenoxy) is 2. The third-order valence-corrected chi connectivity index (χ3v) is 5.66. The van der Waals surface area contributed by atoms with E-state index in [2.05, 4.69) is 21.3 Å². The van der Waals surface area contributed by atoms with Crippen molar-refractivity contribution in [1.29, 1.82) is 0 Å². The summed E-state index contributed by atoms with van der Waals surface area (Å²) >= 11 is 0. The van der Waals surface area contributed by atoms with Crippen LogP contribution in [0.1, 0.15) is 39.2 Å². The predicted octanol–water partition coefficient (Wildman–Crippen LogP) is 1.18. The number of hydrogen-bond acceptors (Lipinski definition) is 7. The summed E-state index contributed by atoms with van der Waals surface area (Å²) in [7, 11) is 0. The van der Waals surface area contributed by atoms with Crippen molar-refractivity contribution >= 4 is 29.8 Å². The summed E-state index contributed by atoms with van der Waals surface area (Å²) in [5.74, 6) is -2.30. The van der Waals surface area contributed by atoms with Gasteiger partial charge in [-0.25, -0.2) is 9.59 Å². The Bertz CT molecular complexity index is 965.